The summed E-state index contributed by atoms with van der Waals surface area (Å²) in [7, 11) is 0. The Hall–Kier alpha value is -1.58. The van der Waals surface area contributed by atoms with E-state index in [-0.39, 0.29) is 19.0 Å². The number of para-hydroxylation sites is 1. The average Bonchev–Trinajstić information content (AvgIpc) is 2.37. The fraction of sp³-hybridized carbons (Fsp3) is 0.143. The summed E-state index contributed by atoms with van der Waals surface area (Å²) in [6, 6.07) is 11.3. The van der Waals surface area contributed by atoms with E-state index in [1.165, 1.54) is 12.1 Å². The van der Waals surface area contributed by atoms with Crippen LogP contribution in [0.25, 0.3) is 0 Å². The summed E-state index contributed by atoms with van der Waals surface area (Å²) in [5.74, 6) is 0.128. The molecular weight excluding hydrogens is 255 g/mol. The molecule has 0 aliphatic rings. The van der Waals surface area contributed by atoms with E-state index in [4.69, 9.17) is 16.3 Å². The molecule has 0 aromatic heterocycles. The molecule has 0 aliphatic carbocycles. The smallest absolute Gasteiger partial charge is 0.143 e. The molecule has 0 unspecified atom stereocenters. The second-order valence-corrected chi connectivity index (χ2v) is 4.21. The Morgan fingerprint density at radius 3 is 2.67 bits per heavy atom. The minimum absolute atomic E-state index is 0.154. The Kier molecular flexibility index (Phi) is 4.18. The molecule has 2 aromatic carbocycles. The van der Waals surface area contributed by atoms with Gasteiger partial charge in [-0.15, -0.1) is 0 Å². The number of benzene rings is 2. The zero-order valence-electron chi connectivity index (χ0n) is 9.57. The Morgan fingerprint density at radius 2 is 1.94 bits per heavy atom. The molecule has 0 spiro atoms. The maximum atomic E-state index is 13.0. The van der Waals surface area contributed by atoms with Crippen LogP contribution in [0.1, 0.15) is 11.1 Å². The molecule has 0 fully saturated rings. The van der Waals surface area contributed by atoms with Crippen molar-refractivity contribution in [2.75, 3.05) is 0 Å². The van der Waals surface area contributed by atoms with Gasteiger partial charge in [0.05, 0.1) is 11.6 Å². The quantitative estimate of drug-likeness (QED) is 0.917. The van der Waals surface area contributed by atoms with Crippen molar-refractivity contribution >= 4 is 11.6 Å². The predicted octanol–water partition coefficient (Wildman–Crippen LogP) is 3.55. The highest BCUT2D eigenvalue weighted by Crippen LogP contribution is 2.29. The van der Waals surface area contributed by atoms with Crippen LogP contribution in [-0.4, -0.2) is 5.11 Å². The van der Waals surface area contributed by atoms with E-state index in [2.05, 4.69) is 0 Å². The summed E-state index contributed by atoms with van der Waals surface area (Å²) in [5, 5.41) is 9.61. The minimum Gasteiger partial charge on any atom is -0.487 e. The van der Waals surface area contributed by atoms with Crippen LogP contribution in [0, 0.1) is 5.82 Å². The molecule has 2 nitrogen and oxygen atoms in total. The zero-order valence-corrected chi connectivity index (χ0v) is 10.3. The van der Waals surface area contributed by atoms with E-state index in [1.54, 1.807) is 30.3 Å². The largest absolute Gasteiger partial charge is 0.487 e. The highest BCUT2D eigenvalue weighted by atomic mass is 35.5. The van der Waals surface area contributed by atoms with Gasteiger partial charge in [-0.25, -0.2) is 4.39 Å². The van der Waals surface area contributed by atoms with E-state index in [0.29, 0.717) is 21.9 Å². The number of halogens is 2. The summed E-state index contributed by atoms with van der Waals surface area (Å²) >= 11 is 6.00. The molecule has 2 rings (SSSR count). The summed E-state index contributed by atoms with van der Waals surface area (Å²) in [5.41, 5.74) is 1.32. The van der Waals surface area contributed by atoms with Crippen molar-refractivity contribution < 1.29 is 14.2 Å². The molecular formula is C14H12ClFO2. The molecule has 0 heterocycles. The fourth-order valence-electron chi connectivity index (χ4n) is 1.62. The van der Waals surface area contributed by atoms with E-state index in [9.17, 15) is 9.50 Å². The molecule has 0 saturated carbocycles. The molecule has 2 aromatic rings. The molecule has 0 aliphatic heterocycles. The molecule has 4 heteroatoms. The van der Waals surface area contributed by atoms with Gasteiger partial charge in [0.25, 0.3) is 0 Å². The maximum absolute atomic E-state index is 13.0. The number of hydrogen-bond donors (Lipinski definition) is 1. The molecule has 0 bridgehead atoms. The van der Waals surface area contributed by atoms with Crippen molar-refractivity contribution in [3.05, 3.63) is 64.4 Å². The predicted molar refractivity (Wildman–Crippen MR) is 68.1 cm³/mol. The van der Waals surface area contributed by atoms with Crippen LogP contribution in [0.5, 0.6) is 5.75 Å². The van der Waals surface area contributed by atoms with Gasteiger partial charge >= 0.3 is 0 Å². The van der Waals surface area contributed by atoms with Gasteiger partial charge in [0, 0.05) is 5.56 Å². The Labute approximate surface area is 110 Å². The van der Waals surface area contributed by atoms with Gasteiger partial charge in [-0.3, -0.25) is 0 Å². The van der Waals surface area contributed by atoms with Crippen molar-refractivity contribution in [2.45, 2.75) is 13.2 Å². The first-order valence-electron chi connectivity index (χ1n) is 5.46. The molecule has 94 valence electrons. The van der Waals surface area contributed by atoms with E-state index >= 15 is 0 Å². The zero-order chi connectivity index (χ0) is 13.0. The standard InChI is InChI=1S/C14H12ClFO2/c15-13-6-2-4-11(8-17)14(13)18-9-10-3-1-5-12(16)7-10/h1-7,17H,8-9H2. The SMILES string of the molecule is OCc1cccc(Cl)c1OCc1cccc(F)c1. The van der Waals surface area contributed by atoms with Gasteiger partial charge in [0.2, 0.25) is 0 Å². The van der Waals surface area contributed by atoms with Gasteiger partial charge in [0.15, 0.2) is 0 Å². The van der Waals surface area contributed by atoms with Crippen molar-refractivity contribution in [2.24, 2.45) is 0 Å². The maximum Gasteiger partial charge on any atom is 0.143 e. The monoisotopic (exact) mass is 266 g/mol. The van der Waals surface area contributed by atoms with Crippen LogP contribution in [0.15, 0.2) is 42.5 Å². The number of aliphatic hydroxyl groups excluding tert-OH is 1. The normalized spacial score (nSPS) is 10.4. The number of hydrogen-bond acceptors (Lipinski definition) is 2. The van der Waals surface area contributed by atoms with E-state index < -0.39 is 0 Å². The Balaban J connectivity index is 2.15. The molecule has 0 saturated heterocycles. The molecule has 0 amide bonds. The Morgan fingerprint density at radius 1 is 1.17 bits per heavy atom. The number of ether oxygens (including phenoxy) is 1. The van der Waals surface area contributed by atoms with Crippen LogP contribution < -0.4 is 4.74 Å². The molecule has 18 heavy (non-hydrogen) atoms. The third-order valence-corrected chi connectivity index (χ3v) is 2.79. The minimum atomic E-state index is -0.308. The van der Waals surface area contributed by atoms with Gasteiger partial charge in [-0.05, 0) is 23.8 Å². The lowest BCUT2D eigenvalue weighted by Gasteiger charge is -2.11. The third kappa shape index (κ3) is 3.00. The van der Waals surface area contributed by atoms with Crippen molar-refractivity contribution in [1.82, 2.24) is 0 Å². The lowest BCUT2D eigenvalue weighted by molar-refractivity contribution is 0.259. The lowest BCUT2D eigenvalue weighted by atomic mass is 10.2. The van der Waals surface area contributed by atoms with Gasteiger partial charge in [-0.1, -0.05) is 35.9 Å². The van der Waals surface area contributed by atoms with Gasteiger partial charge in [-0.2, -0.15) is 0 Å². The first-order valence-corrected chi connectivity index (χ1v) is 5.84. The van der Waals surface area contributed by atoms with Crippen LogP contribution in [0.4, 0.5) is 4.39 Å². The summed E-state index contributed by atoms with van der Waals surface area (Å²) in [6.45, 7) is 0.0491. The Bertz CT molecular complexity index is 543. The fourth-order valence-corrected chi connectivity index (χ4v) is 1.87. The van der Waals surface area contributed by atoms with Gasteiger partial charge in [0.1, 0.15) is 18.2 Å². The molecule has 0 atom stereocenters. The molecule has 1 N–H and O–H groups in total. The summed E-state index contributed by atoms with van der Waals surface area (Å²) in [4.78, 5) is 0. The first-order chi connectivity index (χ1) is 8.70. The first kappa shape index (κ1) is 12.9. The van der Waals surface area contributed by atoms with Crippen molar-refractivity contribution in [3.63, 3.8) is 0 Å². The highest BCUT2D eigenvalue weighted by Gasteiger charge is 2.08. The van der Waals surface area contributed by atoms with Crippen LogP contribution in [-0.2, 0) is 13.2 Å². The third-order valence-electron chi connectivity index (χ3n) is 2.49. The summed E-state index contributed by atoms with van der Waals surface area (Å²) < 4.78 is 18.5. The average molecular weight is 267 g/mol. The highest BCUT2D eigenvalue weighted by molar-refractivity contribution is 6.32. The van der Waals surface area contributed by atoms with Crippen molar-refractivity contribution in [1.29, 1.82) is 0 Å². The number of rotatable bonds is 4. The van der Waals surface area contributed by atoms with Crippen LogP contribution >= 0.6 is 11.6 Å². The van der Waals surface area contributed by atoms with E-state index in [0.717, 1.165) is 0 Å². The van der Waals surface area contributed by atoms with Crippen molar-refractivity contribution in [3.8, 4) is 5.75 Å². The topological polar surface area (TPSA) is 29.5 Å². The van der Waals surface area contributed by atoms with Gasteiger partial charge < -0.3 is 9.84 Å². The van der Waals surface area contributed by atoms with E-state index in [1.807, 2.05) is 0 Å². The lowest BCUT2D eigenvalue weighted by Crippen LogP contribution is -1.99. The summed E-state index contributed by atoms with van der Waals surface area (Å²) in [6.07, 6.45) is 0. The second-order valence-electron chi connectivity index (χ2n) is 3.80. The van der Waals surface area contributed by atoms with Crippen LogP contribution in [0.3, 0.4) is 0 Å². The molecule has 0 radical (unpaired) electrons. The second kappa shape index (κ2) is 5.85. The van der Waals surface area contributed by atoms with Crippen LogP contribution in [0.2, 0.25) is 5.02 Å². The number of aliphatic hydroxyl groups is 1.